The number of piperidine rings is 1. The number of hydrogen-bond acceptors (Lipinski definition) is 4. The molecule has 6 nitrogen and oxygen atoms in total. The second-order valence-electron chi connectivity index (χ2n) is 6.57. The summed E-state index contributed by atoms with van der Waals surface area (Å²) in [5.74, 6) is -0.0183. The molecule has 1 aromatic rings. The topological polar surface area (TPSA) is 83.6 Å². The molecule has 1 aromatic heterocycles. The SMILES string of the molecule is O=C(O)CCC1CCCCN1C(=O)c1noc2c1CCCCC2. The Morgan fingerprint density at radius 1 is 1.17 bits per heavy atom. The summed E-state index contributed by atoms with van der Waals surface area (Å²) in [6.45, 7) is 0.685. The van der Waals surface area contributed by atoms with Crippen molar-refractivity contribution in [3.63, 3.8) is 0 Å². The molecule has 2 aliphatic rings. The number of rotatable bonds is 4. The van der Waals surface area contributed by atoms with Crippen LogP contribution in [0, 0.1) is 0 Å². The van der Waals surface area contributed by atoms with Gasteiger partial charge in [0.1, 0.15) is 5.76 Å². The summed E-state index contributed by atoms with van der Waals surface area (Å²) >= 11 is 0. The number of fused-ring (bicyclic) bond motifs is 1. The van der Waals surface area contributed by atoms with Crippen molar-refractivity contribution in [1.29, 1.82) is 0 Å². The van der Waals surface area contributed by atoms with E-state index in [9.17, 15) is 9.59 Å². The van der Waals surface area contributed by atoms with Crippen LogP contribution in [-0.2, 0) is 17.6 Å². The summed E-state index contributed by atoms with van der Waals surface area (Å²) in [6.07, 6.45) is 8.53. The Kier molecular flexibility index (Phi) is 4.98. The molecule has 0 spiro atoms. The van der Waals surface area contributed by atoms with Crippen LogP contribution >= 0.6 is 0 Å². The largest absolute Gasteiger partial charge is 0.481 e. The number of carboxylic acids is 1. The van der Waals surface area contributed by atoms with Crippen molar-refractivity contribution in [3.8, 4) is 0 Å². The Labute approximate surface area is 135 Å². The molecule has 1 atom stereocenters. The van der Waals surface area contributed by atoms with E-state index in [1.807, 2.05) is 4.90 Å². The van der Waals surface area contributed by atoms with Gasteiger partial charge in [0, 0.05) is 31.0 Å². The molecule has 2 heterocycles. The molecular weight excluding hydrogens is 296 g/mol. The molecule has 23 heavy (non-hydrogen) atoms. The Morgan fingerprint density at radius 2 is 2.00 bits per heavy atom. The maximum absolute atomic E-state index is 13.0. The Bertz CT molecular complexity index is 581. The third kappa shape index (κ3) is 3.57. The number of carbonyl (C=O) groups is 2. The van der Waals surface area contributed by atoms with Gasteiger partial charge in [-0.05, 0) is 44.9 Å². The van der Waals surface area contributed by atoms with Gasteiger partial charge in [0.15, 0.2) is 5.69 Å². The smallest absolute Gasteiger partial charge is 0.303 e. The minimum atomic E-state index is -0.807. The Hall–Kier alpha value is -1.85. The summed E-state index contributed by atoms with van der Waals surface area (Å²) in [5, 5.41) is 13.0. The molecule has 126 valence electrons. The fourth-order valence-electron chi connectivity index (χ4n) is 3.72. The van der Waals surface area contributed by atoms with Crippen LogP contribution in [0.1, 0.15) is 73.2 Å². The first-order valence-electron chi connectivity index (χ1n) is 8.67. The van der Waals surface area contributed by atoms with E-state index >= 15 is 0 Å². The normalized spacial score (nSPS) is 21.6. The fourth-order valence-corrected chi connectivity index (χ4v) is 3.72. The summed E-state index contributed by atoms with van der Waals surface area (Å²) in [7, 11) is 0. The van der Waals surface area contributed by atoms with Gasteiger partial charge in [-0.2, -0.15) is 0 Å². The minimum absolute atomic E-state index is 0.00507. The van der Waals surface area contributed by atoms with Crippen molar-refractivity contribution in [2.75, 3.05) is 6.54 Å². The third-order valence-corrected chi connectivity index (χ3v) is 4.98. The molecule has 1 saturated heterocycles. The molecule has 1 amide bonds. The van der Waals surface area contributed by atoms with E-state index in [1.165, 1.54) is 0 Å². The predicted octanol–water partition coefficient (Wildman–Crippen LogP) is 2.80. The molecule has 0 saturated carbocycles. The summed E-state index contributed by atoms with van der Waals surface area (Å²) in [5.41, 5.74) is 1.44. The van der Waals surface area contributed by atoms with E-state index in [-0.39, 0.29) is 18.4 Å². The summed E-state index contributed by atoms with van der Waals surface area (Å²) < 4.78 is 5.42. The van der Waals surface area contributed by atoms with Gasteiger partial charge in [-0.1, -0.05) is 11.6 Å². The molecule has 0 aromatic carbocycles. The first-order chi connectivity index (χ1) is 11.2. The van der Waals surface area contributed by atoms with Gasteiger partial charge in [-0.25, -0.2) is 0 Å². The molecule has 0 bridgehead atoms. The number of aliphatic carboxylic acids is 1. The van der Waals surface area contributed by atoms with Crippen molar-refractivity contribution in [1.82, 2.24) is 10.1 Å². The number of aryl methyl sites for hydroxylation is 1. The van der Waals surface area contributed by atoms with E-state index in [1.54, 1.807) is 0 Å². The highest BCUT2D eigenvalue weighted by Gasteiger charge is 2.32. The average Bonchev–Trinajstić information content (AvgIpc) is 2.81. The van der Waals surface area contributed by atoms with E-state index < -0.39 is 5.97 Å². The molecule has 1 aliphatic heterocycles. The van der Waals surface area contributed by atoms with Crippen LogP contribution in [0.5, 0.6) is 0 Å². The lowest BCUT2D eigenvalue weighted by Crippen LogP contribution is -2.44. The number of likely N-dealkylation sites (tertiary alicyclic amines) is 1. The van der Waals surface area contributed by atoms with Gasteiger partial charge in [-0.3, -0.25) is 9.59 Å². The summed E-state index contributed by atoms with van der Waals surface area (Å²) in [6, 6.07) is 0.00507. The highest BCUT2D eigenvalue weighted by molar-refractivity contribution is 5.94. The zero-order chi connectivity index (χ0) is 16.2. The standard InChI is InChI=1S/C17H24N2O4/c20-15(21)10-9-12-6-4-5-11-19(12)17(22)16-13-7-2-1-3-8-14(13)23-18-16/h12H,1-11H2,(H,20,21). The van der Waals surface area contributed by atoms with Crippen LogP contribution in [0.2, 0.25) is 0 Å². The van der Waals surface area contributed by atoms with Crippen molar-refractivity contribution < 1.29 is 19.2 Å². The average molecular weight is 320 g/mol. The number of carboxylic acid groups (broad SMARTS) is 1. The van der Waals surface area contributed by atoms with E-state index in [2.05, 4.69) is 5.16 Å². The van der Waals surface area contributed by atoms with Gasteiger partial charge in [0.25, 0.3) is 5.91 Å². The maximum Gasteiger partial charge on any atom is 0.303 e. The van der Waals surface area contributed by atoms with Crippen molar-refractivity contribution in [2.24, 2.45) is 0 Å². The number of nitrogens with zero attached hydrogens (tertiary/aromatic N) is 2. The van der Waals surface area contributed by atoms with Crippen LogP contribution in [-0.4, -0.2) is 39.6 Å². The quantitative estimate of drug-likeness (QED) is 0.862. The van der Waals surface area contributed by atoms with Gasteiger partial charge in [0.05, 0.1) is 0 Å². The lowest BCUT2D eigenvalue weighted by atomic mass is 9.96. The van der Waals surface area contributed by atoms with Gasteiger partial charge >= 0.3 is 5.97 Å². The van der Waals surface area contributed by atoms with E-state index in [0.717, 1.165) is 62.7 Å². The monoisotopic (exact) mass is 320 g/mol. The van der Waals surface area contributed by atoms with Crippen LogP contribution in [0.3, 0.4) is 0 Å². The highest BCUT2D eigenvalue weighted by Crippen LogP contribution is 2.28. The Balaban J connectivity index is 1.77. The molecule has 1 fully saturated rings. The van der Waals surface area contributed by atoms with Crippen molar-refractivity contribution in [2.45, 2.75) is 70.3 Å². The molecule has 1 N–H and O–H groups in total. The van der Waals surface area contributed by atoms with E-state index in [0.29, 0.717) is 18.7 Å². The molecule has 3 rings (SSSR count). The number of amides is 1. The zero-order valence-electron chi connectivity index (χ0n) is 13.4. The molecule has 6 heteroatoms. The zero-order valence-corrected chi connectivity index (χ0v) is 13.4. The maximum atomic E-state index is 13.0. The predicted molar refractivity (Wildman–Crippen MR) is 83.3 cm³/mol. The number of aromatic nitrogens is 1. The van der Waals surface area contributed by atoms with Crippen LogP contribution < -0.4 is 0 Å². The fraction of sp³-hybridized carbons (Fsp3) is 0.706. The second kappa shape index (κ2) is 7.15. The minimum Gasteiger partial charge on any atom is -0.481 e. The summed E-state index contributed by atoms with van der Waals surface area (Å²) in [4.78, 5) is 25.6. The van der Waals surface area contributed by atoms with Crippen LogP contribution in [0.4, 0.5) is 0 Å². The molecule has 0 radical (unpaired) electrons. The Morgan fingerprint density at radius 3 is 2.83 bits per heavy atom. The number of hydrogen-bond donors (Lipinski definition) is 1. The second-order valence-corrected chi connectivity index (χ2v) is 6.57. The van der Waals surface area contributed by atoms with Crippen molar-refractivity contribution >= 4 is 11.9 Å². The highest BCUT2D eigenvalue weighted by atomic mass is 16.5. The molecular formula is C17H24N2O4. The number of carbonyl (C=O) groups excluding carboxylic acids is 1. The van der Waals surface area contributed by atoms with E-state index in [4.69, 9.17) is 9.63 Å². The van der Waals surface area contributed by atoms with Crippen molar-refractivity contribution in [3.05, 3.63) is 17.0 Å². The van der Waals surface area contributed by atoms with Crippen LogP contribution in [0.25, 0.3) is 0 Å². The molecule has 1 unspecified atom stereocenters. The first kappa shape index (κ1) is 16.0. The first-order valence-corrected chi connectivity index (χ1v) is 8.67. The molecule has 1 aliphatic carbocycles. The van der Waals surface area contributed by atoms with Gasteiger partial charge in [-0.15, -0.1) is 0 Å². The van der Waals surface area contributed by atoms with Gasteiger partial charge in [0.2, 0.25) is 0 Å². The van der Waals surface area contributed by atoms with Crippen LogP contribution in [0.15, 0.2) is 4.52 Å². The third-order valence-electron chi connectivity index (χ3n) is 4.98. The lowest BCUT2D eigenvalue weighted by molar-refractivity contribution is -0.137. The van der Waals surface area contributed by atoms with Gasteiger partial charge < -0.3 is 14.5 Å². The lowest BCUT2D eigenvalue weighted by Gasteiger charge is -2.35.